The van der Waals surface area contributed by atoms with E-state index in [9.17, 15) is 0 Å². The van der Waals surface area contributed by atoms with Crippen LogP contribution in [0.25, 0.3) is 0 Å². The van der Waals surface area contributed by atoms with Gasteiger partial charge in [0.1, 0.15) is 0 Å². The van der Waals surface area contributed by atoms with E-state index in [1.807, 2.05) is 0 Å². The van der Waals surface area contributed by atoms with Crippen LogP contribution in [-0.2, 0) is 59.5 Å². The zero-order valence-electron chi connectivity index (χ0n) is 7.61. The summed E-state index contributed by atoms with van der Waals surface area (Å²) >= 11 is 12.2. The van der Waals surface area contributed by atoms with Crippen molar-refractivity contribution in [2.75, 3.05) is 0 Å². The predicted molar refractivity (Wildman–Crippen MR) is 49.9 cm³/mol. The maximum absolute atomic E-state index is 9.09. The van der Waals surface area contributed by atoms with Crippen molar-refractivity contribution >= 4 is 66.8 Å². The van der Waals surface area contributed by atoms with Gasteiger partial charge in [0, 0.05) is 0 Å². The maximum atomic E-state index is 9.09. The van der Waals surface area contributed by atoms with Gasteiger partial charge >= 0.3 is 17.1 Å². The molecule has 0 N–H and O–H groups in total. The first-order valence-electron chi connectivity index (χ1n) is 2.46. The molecule has 0 rings (SSSR count). The van der Waals surface area contributed by atoms with Gasteiger partial charge in [-0.15, -0.1) is 0 Å². The fourth-order valence-corrected chi connectivity index (χ4v) is 0. The molecular formula is Cl3FeO12S3. The van der Waals surface area contributed by atoms with Crippen LogP contribution in [0.1, 0.15) is 0 Å². The summed E-state index contributed by atoms with van der Waals surface area (Å²) in [6.07, 6.45) is 0. The van der Waals surface area contributed by atoms with Crippen LogP contribution in [0.15, 0.2) is 0 Å². The number of rotatable bonds is 3. The first kappa shape index (κ1) is 28.2. The van der Waals surface area contributed by atoms with Gasteiger partial charge in [0.05, 0.1) is 35.6 Å². The molecule has 0 heterocycles. The molecule has 0 atom stereocenters. The van der Waals surface area contributed by atoms with Crippen molar-refractivity contribution in [1.29, 1.82) is 0 Å². The second kappa shape index (κ2) is 12.7. The quantitative estimate of drug-likeness (QED) is 0.284. The molecule has 0 aromatic carbocycles. The number of hydrogen-bond donors (Lipinski definition) is 0. The van der Waals surface area contributed by atoms with E-state index >= 15 is 0 Å². The summed E-state index contributed by atoms with van der Waals surface area (Å²) in [7, 11) is -13.9. The van der Waals surface area contributed by atoms with Crippen molar-refractivity contribution in [3.05, 3.63) is 0 Å². The predicted octanol–water partition coefficient (Wildman–Crippen LogP) is -1.15. The Balaban J connectivity index is -0.0000000865. The summed E-state index contributed by atoms with van der Waals surface area (Å²) < 4.78 is 90.3. The van der Waals surface area contributed by atoms with Gasteiger partial charge in [-0.05, 0) is 0 Å². The van der Waals surface area contributed by atoms with Gasteiger partial charge in [0.2, 0.25) is 31.2 Å². The zero-order chi connectivity index (χ0) is 15.6. The molecule has 0 aromatic heterocycles. The zero-order valence-corrected chi connectivity index (χ0v) is 13.4. The van der Waals surface area contributed by atoms with E-state index in [4.69, 9.17) is 38.9 Å². The first-order chi connectivity index (χ1) is 7.68. The topological polar surface area (TPSA) is 199 Å². The molecule has 0 bridgehead atoms. The Morgan fingerprint density at radius 2 is 0.632 bits per heavy atom. The summed E-state index contributed by atoms with van der Waals surface area (Å²) in [6, 6.07) is 0. The Labute approximate surface area is 133 Å². The van der Waals surface area contributed by atoms with E-state index in [-0.39, 0.29) is 17.1 Å². The van der Waals surface area contributed by atoms with Crippen LogP contribution in [-0.4, -0.2) is 38.9 Å². The third-order valence-electron chi connectivity index (χ3n) is 0.231. The summed E-state index contributed by atoms with van der Waals surface area (Å²) in [5.74, 6) is 0. The Bertz CT molecular complexity index is 410. The molecule has 0 aliphatic carbocycles. The summed E-state index contributed by atoms with van der Waals surface area (Å²) in [4.78, 5) is 0. The van der Waals surface area contributed by atoms with Gasteiger partial charge in [-0.2, -0.15) is 11.2 Å². The van der Waals surface area contributed by atoms with E-state index in [1.165, 1.54) is 0 Å². The third kappa shape index (κ3) is 54.9. The Morgan fingerprint density at radius 3 is 0.632 bits per heavy atom. The van der Waals surface area contributed by atoms with Gasteiger partial charge in [0.25, 0.3) is 0 Å². The Kier molecular flexibility index (Phi) is 18.9. The van der Waals surface area contributed by atoms with Gasteiger partial charge < -0.3 is 13.7 Å². The average molecular weight is 450 g/mol. The normalized spacial score (nSPS) is 11.1. The number of halogens is 3. The minimum Gasteiger partial charge on any atom is -0.725 e. The summed E-state index contributed by atoms with van der Waals surface area (Å²) in [5, 5.41) is 0. The first-order valence-corrected chi connectivity index (χ1v) is 7.39. The molecule has 0 aliphatic heterocycles. The summed E-state index contributed by atoms with van der Waals surface area (Å²) in [5.41, 5.74) is 0. The van der Waals surface area contributed by atoms with E-state index < -0.39 is 31.2 Å². The van der Waals surface area contributed by atoms with Crippen LogP contribution in [0, 0.1) is 0 Å². The van der Waals surface area contributed by atoms with Crippen LogP contribution in [0.4, 0.5) is 0 Å². The monoisotopic (exact) mass is 449 g/mol. The molecular weight excluding hydrogens is 450 g/mol. The van der Waals surface area contributed by atoms with Crippen molar-refractivity contribution in [2.45, 2.75) is 0 Å². The van der Waals surface area contributed by atoms with Crippen LogP contribution >= 0.6 is 35.6 Å². The standard InChI is InChI=1S/3ClHO4S.Fe/c3*1-5-6(2,3)4;/h3*(H,2,3,4);/q;;;+3/p-3. The molecule has 0 amide bonds. The molecule has 19 heteroatoms. The molecule has 0 spiro atoms. The van der Waals surface area contributed by atoms with Gasteiger partial charge in [-0.25, -0.2) is 25.3 Å². The van der Waals surface area contributed by atoms with E-state index in [1.54, 1.807) is 0 Å². The van der Waals surface area contributed by atoms with Crippen molar-refractivity contribution in [1.82, 2.24) is 0 Å². The van der Waals surface area contributed by atoms with E-state index in [0.717, 1.165) is 0 Å². The minimum absolute atomic E-state index is 0. The number of hydrogen-bond acceptors (Lipinski definition) is 12. The fourth-order valence-electron chi connectivity index (χ4n) is 0. The maximum Gasteiger partial charge on any atom is 3.00 e. The van der Waals surface area contributed by atoms with E-state index in [0.29, 0.717) is 0 Å². The van der Waals surface area contributed by atoms with Gasteiger partial charge in [-0.1, -0.05) is 0 Å². The molecule has 19 heavy (non-hydrogen) atoms. The largest absolute Gasteiger partial charge is 3.00 e. The van der Waals surface area contributed by atoms with Gasteiger partial charge in [-0.3, -0.25) is 0 Å². The molecule has 0 aliphatic rings. The molecule has 12 nitrogen and oxygen atoms in total. The molecule has 119 valence electrons. The van der Waals surface area contributed by atoms with Crippen LogP contribution < -0.4 is 0 Å². The SMILES string of the molecule is O=S(=O)([O-])OCl.O=S(=O)([O-])OCl.O=S(=O)([O-])OCl.[Fe+3]. The van der Waals surface area contributed by atoms with Crippen molar-refractivity contribution in [2.24, 2.45) is 0 Å². The molecule has 0 unspecified atom stereocenters. The second-order valence-corrected chi connectivity index (χ2v) is 5.38. The molecule has 1 radical (unpaired) electrons. The van der Waals surface area contributed by atoms with Crippen molar-refractivity contribution in [3.63, 3.8) is 0 Å². The Hall–Kier alpha value is 0.999. The van der Waals surface area contributed by atoms with Crippen LogP contribution in [0.3, 0.4) is 0 Å². The fraction of sp³-hybridized carbons (Fsp3) is 0. The molecule has 0 saturated carbocycles. The Morgan fingerprint density at radius 1 is 0.579 bits per heavy atom. The van der Waals surface area contributed by atoms with Gasteiger partial charge in [0.15, 0.2) is 0 Å². The molecule has 0 saturated heterocycles. The van der Waals surface area contributed by atoms with Crippen LogP contribution in [0.5, 0.6) is 0 Å². The smallest absolute Gasteiger partial charge is 0.725 e. The van der Waals surface area contributed by atoms with Crippen molar-refractivity contribution < 1.29 is 67.2 Å². The van der Waals surface area contributed by atoms with Crippen molar-refractivity contribution in [3.8, 4) is 0 Å². The third-order valence-corrected chi connectivity index (χ3v) is 2.08. The second-order valence-electron chi connectivity index (χ2n) is 1.41. The summed E-state index contributed by atoms with van der Waals surface area (Å²) in [6.45, 7) is 0. The van der Waals surface area contributed by atoms with E-state index in [2.05, 4.69) is 46.8 Å². The molecule has 0 aromatic rings. The average Bonchev–Trinajstić information content (AvgIpc) is 2.16. The van der Waals surface area contributed by atoms with Crippen LogP contribution in [0.2, 0.25) is 0 Å². The minimum atomic E-state index is -4.65. The molecule has 0 fully saturated rings.